The van der Waals surface area contributed by atoms with Gasteiger partial charge in [0.05, 0.1) is 0 Å². The van der Waals surface area contributed by atoms with Crippen molar-refractivity contribution in [1.82, 2.24) is 0 Å². The molecule has 0 saturated heterocycles. The van der Waals surface area contributed by atoms with Crippen LogP contribution in [0.5, 0.6) is 0 Å². The lowest BCUT2D eigenvalue weighted by molar-refractivity contribution is 1.50. The molecular formula is C36H30P3S6+. The summed E-state index contributed by atoms with van der Waals surface area (Å²) in [5.74, 6) is 0. The Morgan fingerprint density at radius 2 is 0.778 bits per heavy atom. The summed E-state index contributed by atoms with van der Waals surface area (Å²) in [6.45, 7) is -0.634. The Balaban J connectivity index is 0.000000167. The summed E-state index contributed by atoms with van der Waals surface area (Å²) in [5, 5.41) is 7.24. The molecule has 0 spiro atoms. The first-order valence-electron chi connectivity index (χ1n) is 13.8. The Kier molecular flexibility index (Phi) is 14.7. The van der Waals surface area contributed by atoms with Crippen molar-refractivity contribution in [2.45, 2.75) is 14.7 Å². The van der Waals surface area contributed by atoms with Gasteiger partial charge in [0.2, 0.25) is 6.70 Å². The van der Waals surface area contributed by atoms with E-state index >= 15 is 0 Å². The van der Waals surface area contributed by atoms with E-state index < -0.39 is 12.7 Å². The quantitative estimate of drug-likeness (QED) is 0.116. The van der Waals surface area contributed by atoms with Crippen molar-refractivity contribution in [1.29, 1.82) is 0 Å². The molecule has 0 aliphatic rings. The smallest absolute Gasteiger partial charge is 0.143 e. The van der Waals surface area contributed by atoms with Crippen molar-refractivity contribution in [3.63, 3.8) is 0 Å². The van der Waals surface area contributed by atoms with Crippen LogP contribution in [0.15, 0.2) is 178 Å². The lowest BCUT2D eigenvalue weighted by Crippen LogP contribution is -2.24. The normalized spacial score (nSPS) is 11.0. The first-order valence-corrected chi connectivity index (χ1v) is 22.2. The van der Waals surface area contributed by atoms with E-state index in [4.69, 9.17) is 35.4 Å². The summed E-state index contributed by atoms with van der Waals surface area (Å²) in [7, 11) is 0.901. The second-order valence-electron chi connectivity index (χ2n) is 9.55. The van der Waals surface area contributed by atoms with E-state index in [0.29, 0.717) is 0 Å². The Morgan fingerprint density at radius 1 is 0.444 bits per heavy atom. The molecular weight excluding hydrogens is 718 g/mol. The molecule has 0 N–H and O–H groups in total. The third-order valence-corrected chi connectivity index (χ3v) is 16.3. The van der Waals surface area contributed by atoms with Crippen molar-refractivity contribution in [3.05, 3.63) is 164 Å². The SMILES string of the molecule is S=P(c1ccccc1)(c1ccccc1)c1ccc(S)cc1.S=Pc1ccc(S)cc1.S=[P+](c1ccccc1)c1ccc(S)cc1. The van der Waals surface area contributed by atoms with E-state index in [1.165, 1.54) is 26.5 Å². The molecule has 1 unspecified atom stereocenters. The highest BCUT2D eigenvalue weighted by molar-refractivity contribution is 8.25. The molecule has 0 fully saturated rings. The third-order valence-electron chi connectivity index (χ3n) is 6.48. The number of thiol groups is 3. The van der Waals surface area contributed by atoms with Gasteiger partial charge in [-0.05, 0) is 88.7 Å². The fraction of sp³-hybridized carbons (Fsp3) is 0. The Bertz CT molecular complexity index is 1800. The molecule has 6 rings (SSSR count). The molecule has 6 aromatic carbocycles. The van der Waals surface area contributed by atoms with E-state index in [1.54, 1.807) is 0 Å². The molecule has 45 heavy (non-hydrogen) atoms. The van der Waals surface area contributed by atoms with Crippen LogP contribution < -0.4 is 31.8 Å². The van der Waals surface area contributed by atoms with Crippen LogP contribution in [0.1, 0.15) is 0 Å². The summed E-state index contributed by atoms with van der Waals surface area (Å²) in [6.07, 6.45) is 0. The van der Waals surface area contributed by atoms with Gasteiger partial charge in [0, 0.05) is 33.4 Å². The van der Waals surface area contributed by atoms with Gasteiger partial charge in [0.1, 0.15) is 0 Å². The zero-order valence-electron chi connectivity index (χ0n) is 24.0. The number of rotatable bonds is 6. The predicted molar refractivity (Wildman–Crippen MR) is 221 cm³/mol. The zero-order chi connectivity index (χ0) is 32.1. The fourth-order valence-electron chi connectivity index (χ4n) is 4.20. The minimum Gasteiger partial charge on any atom is -0.143 e. The Labute approximate surface area is 301 Å². The highest BCUT2D eigenvalue weighted by atomic mass is 32.4. The van der Waals surface area contributed by atoms with Crippen LogP contribution in [0.3, 0.4) is 0 Å². The molecule has 0 bridgehead atoms. The van der Waals surface area contributed by atoms with Crippen molar-refractivity contribution in [3.8, 4) is 0 Å². The van der Waals surface area contributed by atoms with Crippen LogP contribution >= 0.6 is 58.0 Å². The maximum Gasteiger partial charge on any atom is 0.250 e. The van der Waals surface area contributed by atoms with Crippen LogP contribution in [-0.4, -0.2) is 0 Å². The lowest BCUT2D eigenvalue weighted by atomic mass is 10.3. The van der Waals surface area contributed by atoms with Crippen LogP contribution in [0, 0.1) is 0 Å². The highest BCUT2D eigenvalue weighted by Crippen LogP contribution is 2.42. The highest BCUT2D eigenvalue weighted by Gasteiger charge is 2.24. The Morgan fingerprint density at radius 3 is 1.20 bits per heavy atom. The average Bonchev–Trinajstić information content (AvgIpc) is 3.10. The minimum absolute atomic E-state index is 0.634. The first-order chi connectivity index (χ1) is 21.8. The number of benzene rings is 6. The maximum absolute atomic E-state index is 6.23. The standard InChI is InChI=1S/C18H15PS2.C12H9PS2.C6H5PS2/c20-18-13-11-17(12-14-18)19(21,15-7-3-1-4-8-15)16-9-5-2-6-10-16;14-12-8-6-11(7-9-12)13(15)10-4-2-1-3-5-10;8-6-3-1-5(7-9)2-4-6/h1-14,20H;1-9H;1-4,8H/p+1. The molecule has 0 saturated carbocycles. The molecule has 6 aromatic rings. The van der Waals surface area contributed by atoms with Crippen LogP contribution in [0.25, 0.3) is 0 Å². The largest absolute Gasteiger partial charge is 0.250 e. The Hall–Kier alpha value is -1.94. The van der Waals surface area contributed by atoms with Gasteiger partial charge in [-0.2, -0.15) is 0 Å². The molecule has 0 aliphatic heterocycles. The van der Waals surface area contributed by atoms with Gasteiger partial charge in [-0.3, -0.25) is 0 Å². The van der Waals surface area contributed by atoms with Gasteiger partial charge < -0.3 is 0 Å². The van der Waals surface area contributed by atoms with E-state index in [9.17, 15) is 0 Å². The van der Waals surface area contributed by atoms with Gasteiger partial charge in [-0.1, -0.05) is 115 Å². The number of hydrogen-bond acceptors (Lipinski definition) is 6. The van der Waals surface area contributed by atoms with E-state index in [2.05, 4.69) is 123 Å². The van der Waals surface area contributed by atoms with Gasteiger partial charge >= 0.3 is 0 Å². The topological polar surface area (TPSA) is 0 Å². The number of hydrogen-bond donors (Lipinski definition) is 3. The van der Waals surface area contributed by atoms with Crippen LogP contribution in [0.2, 0.25) is 0 Å². The predicted octanol–water partition coefficient (Wildman–Crippen LogP) is 8.61. The van der Waals surface area contributed by atoms with Crippen molar-refractivity contribution >= 4 is 125 Å². The lowest BCUT2D eigenvalue weighted by Gasteiger charge is -2.24. The van der Waals surface area contributed by atoms with Crippen molar-refractivity contribution < 1.29 is 0 Å². The van der Waals surface area contributed by atoms with Crippen LogP contribution in [0.4, 0.5) is 0 Å². The monoisotopic (exact) mass is 747 g/mol. The molecule has 0 aromatic heterocycles. The average molecular weight is 748 g/mol. The molecule has 224 valence electrons. The van der Waals surface area contributed by atoms with Gasteiger partial charge in [0.15, 0.2) is 22.4 Å². The van der Waals surface area contributed by atoms with Gasteiger partial charge in [-0.15, -0.1) is 37.9 Å². The fourth-order valence-corrected chi connectivity index (χ4v) is 10.9. The van der Waals surface area contributed by atoms with Crippen molar-refractivity contribution in [2.75, 3.05) is 0 Å². The van der Waals surface area contributed by atoms with Crippen molar-refractivity contribution in [2.24, 2.45) is 0 Å². The summed E-state index contributed by atoms with van der Waals surface area (Å²) >= 11 is 29.4. The molecule has 0 aliphatic carbocycles. The first kappa shape index (κ1) is 35.9. The summed E-state index contributed by atoms with van der Waals surface area (Å²) in [5.41, 5.74) is 0. The van der Waals surface area contributed by atoms with E-state index in [1.807, 2.05) is 78.9 Å². The minimum atomic E-state index is -2.00. The van der Waals surface area contributed by atoms with Crippen LogP contribution in [-0.2, 0) is 35.4 Å². The zero-order valence-corrected chi connectivity index (χ0v) is 31.8. The van der Waals surface area contributed by atoms with Gasteiger partial charge in [0.25, 0.3) is 0 Å². The molecule has 0 amide bonds. The second kappa shape index (κ2) is 18.4. The molecule has 1 atom stereocenters. The van der Waals surface area contributed by atoms with E-state index in [0.717, 1.165) is 27.3 Å². The summed E-state index contributed by atoms with van der Waals surface area (Å²) < 4.78 is 0. The maximum atomic E-state index is 6.23. The third kappa shape index (κ3) is 10.5. The van der Waals surface area contributed by atoms with Gasteiger partial charge in [-0.25, -0.2) is 0 Å². The second-order valence-corrected chi connectivity index (χ2v) is 19.5. The molecule has 9 heteroatoms. The molecule has 0 radical (unpaired) electrons. The summed E-state index contributed by atoms with van der Waals surface area (Å²) in [6, 6.07) is 53.4. The summed E-state index contributed by atoms with van der Waals surface area (Å²) in [4.78, 5) is 2.92. The molecule has 0 nitrogen and oxygen atoms in total. The van der Waals surface area contributed by atoms with E-state index in [-0.39, 0.29) is 0 Å². The molecule has 0 heterocycles.